The van der Waals surface area contributed by atoms with Crippen molar-refractivity contribution in [2.24, 2.45) is 0 Å². The van der Waals surface area contributed by atoms with Gasteiger partial charge in [-0.3, -0.25) is 0 Å². The lowest BCUT2D eigenvalue weighted by atomic mass is 9.86. The first-order valence-corrected chi connectivity index (χ1v) is 11.0. The number of hydrogen-bond acceptors (Lipinski definition) is 4. The van der Waals surface area contributed by atoms with Crippen molar-refractivity contribution in [1.82, 2.24) is 15.5 Å². The quantitative estimate of drug-likeness (QED) is 0.505. The molecule has 1 unspecified atom stereocenters. The molecule has 2 heterocycles. The Morgan fingerprint density at radius 3 is 2.41 bits per heavy atom. The van der Waals surface area contributed by atoms with Gasteiger partial charge in [-0.2, -0.15) is 18.2 Å². The Morgan fingerprint density at radius 2 is 1.78 bits per heavy atom. The maximum absolute atomic E-state index is 13.8. The van der Waals surface area contributed by atoms with Crippen LogP contribution in [0, 0.1) is 0 Å². The summed E-state index contributed by atoms with van der Waals surface area (Å²) in [6.07, 6.45) is -1.74. The van der Waals surface area contributed by atoms with Crippen molar-refractivity contribution in [2.75, 3.05) is 6.54 Å². The van der Waals surface area contributed by atoms with Gasteiger partial charge in [0, 0.05) is 5.56 Å². The molecule has 0 amide bonds. The average Bonchev–Trinajstić information content (AvgIpc) is 3.43. The lowest BCUT2D eigenvalue weighted by Crippen LogP contribution is -2.13. The molecule has 0 spiro atoms. The predicted molar refractivity (Wildman–Crippen MR) is 117 cm³/mol. The van der Waals surface area contributed by atoms with Crippen LogP contribution >= 0.6 is 0 Å². The summed E-state index contributed by atoms with van der Waals surface area (Å²) in [6.45, 7) is 7.27. The fourth-order valence-electron chi connectivity index (χ4n) is 4.04. The van der Waals surface area contributed by atoms with E-state index in [4.69, 9.17) is 4.52 Å². The van der Waals surface area contributed by atoms with Gasteiger partial charge in [-0.15, -0.1) is 0 Å². The molecule has 0 bridgehead atoms. The third kappa shape index (κ3) is 5.04. The number of halogens is 3. The van der Waals surface area contributed by atoms with Crippen molar-refractivity contribution >= 4 is 0 Å². The number of alkyl halides is 3. The molecule has 1 aliphatic rings. The highest BCUT2D eigenvalue weighted by Crippen LogP contribution is 2.35. The van der Waals surface area contributed by atoms with Crippen LogP contribution in [0.25, 0.3) is 11.4 Å². The maximum atomic E-state index is 13.8. The van der Waals surface area contributed by atoms with E-state index in [1.807, 2.05) is 12.1 Å². The number of aryl methyl sites for hydroxylation is 2. The molecule has 1 N–H and O–H groups in total. The van der Waals surface area contributed by atoms with Crippen molar-refractivity contribution in [2.45, 2.75) is 64.1 Å². The van der Waals surface area contributed by atoms with Crippen molar-refractivity contribution in [3.8, 4) is 11.4 Å². The molecule has 2 aromatic carbocycles. The number of hydrogen-bond donors (Lipinski definition) is 1. The fraction of sp³-hybridized carbons (Fsp3) is 0.440. The van der Waals surface area contributed by atoms with Crippen molar-refractivity contribution < 1.29 is 17.7 Å². The van der Waals surface area contributed by atoms with E-state index in [1.165, 1.54) is 11.6 Å². The monoisotopic (exact) mass is 443 g/mol. The molecule has 7 heteroatoms. The van der Waals surface area contributed by atoms with Crippen LogP contribution in [-0.2, 0) is 24.4 Å². The molecule has 0 aliphatic carbocycles. The summed E-state index contributed by atoms with van der Waals surface area (Å²) in [5.41, 5.74) is 2.19. The second-order valence-corrected chi connectivity index (χ2v) is 9.42. The lowest BCUT2D eigenvalue weighted by molar-refractivity contribution is -0.138. The second-order valence-electron chi connectivity index (χ2n) is 9.42. The first kappa shape index (κ1) is 22.5. The molecule has 1 aromatic heterocycles. The Hall–Kier alpha value is -2.67. The van der Waals surface area contributed by atoms with Gasteiger partial charge in [-0.25, -0.2) is 0 Å². The van der Waals surface area contributed by atoms with Crippen LogP contribution in [0.2, 0.25) is 0 Å². The van der Waals surface area contributed by atoms with Crippen LogP contribution in [0.4, 0.5) is 13.2 Å². The van der Waals surface area contributed by atoms with E-state index in [9.17, 15) is 13.2 Å². The van der Waals surface area contributed by atoms with Crippen LogP contribution in [0.3, 0.4) is 0 Å². The van der Waals surface area contributed by atoms with Gasteiger partial charge < -0.3 is 9.84 Å². The maximum Gasteiger partial charge on any atom is 0.416 e. The molecular weight excluding hydrogens is 415 g/mol. The van der Waals surface area contributed by atoms with Crippen LogP contribution in [0.1, 0.15) is 67.8 Å². The Labute approximate surface area is 186 Å². The molecule has 1 saturated heterocycles. The summed E-state index contributed by atoms with van der Waals surface area (Å²) in [7, 11) is 0. The SMILES string of the molecule is CC(C)(C)c1ccc(CCc2ccc(-c3noc(C4CCCN4)n3)cc2C(F)(F)F)cc1. The van der Waals surface area contributed by atoms with Crippen LogP contribution < -0.4 is 5.32 Å². The summed E-state index contributed by atoms with van der Waals surface area (Å²) in [5.74, 6) is 0.609. The minimum Gasteiger partial charge on any atom is -0.337 e. The summed E-state index contributed by atoms with van der Waals surface area (Å²) < 4.78 is 46.8. The summed E-state index contributed by atoms with van der Waals surface area (Å²) >= 11 is 0. The van der Waals surface area contributed by atoms with E-state index in [0.717, 1.165) is 31.0 Å². The Kier molecular flexibility index (Phi) is 6.12. The van der Waals surface area contributed by atoms with Gasteiger partial charge in [-0.1, -0.05) is 62.3 Å². The smallest absolute Gasteiger partial charge is 0.337 e. The standard InChI is InChI=1S/C25H28F3N3O/c1-24(2,3)19-12-7-16(8-13-19)6-9-17-10-11-18(15-20(17)25(26,27)28)22-30-23(32-31-22)21-5-4-14-29-21/h7-8,10-13,15,21,29H,4-6,9,14H2,1-3H3. The zero-order valence-electron chi connectivity index (χ0n) is 18.6. The van der Waals surface area contributed by atoms with E-state index in [2.05, 4.69) is 48.4 Å². The average molecular weight is 444 g/mol. The Morgan fingerprint density at radius 1 is 1.03 bits per heavy atom. The van der Waals surface area contributed by atoms with Gasteiger partial charge in [0.25, 0.3) is 0 Å². The third-order valence-corrected chi connectivity index (χ3v) is 5.98. The highest BCUT2D eigenvalue weighted by Gasteiger charge is 2.34. The van der Waals surface area contributed by atoms with E-state index in [-0.39, 0.29) is 22.8 Å². The summed E-state index contributed by atoms with van der Waals surface area (Å²) in [6, 6.07) is 12.4. The van der Waals surface area contributed by atoms with Crippen molar-refractivity contribution in [3.63, 3.8) is 0 Å². The number of aromatic nitrogens is 2. The fourth-order valence-corrected chi connectivity index (χ4v) is 4.04. The highest BCUT2D eigenvalue weighted by molar-refractivity contribution is 5.57. The molecule has 32 heavy (non-hydrogen) atoms. The van der Waals surface area contributed by atoms with Gasteiger partial charge >= 0.3 is 6.18 Å². The highest BCUT2D eigenvalue weighted by atomic mass is 19.4. The summed E-state index contributed by atoms with van der Waals surface area (Å²) in [5, 5.41) is 7.16. The first-order valence-electron chi connectivity index (χ1n) is 11.0. The van der Waals surface area contributed by atoms with Gasteiger partial charge in [0.05, 0.1) is 11.6 Å². The van der Waals surface area contributed by atoms with Gasteiger partial charge in [-0.05, 0) is 60.4 Å². The van der Waals surface area contributed by atoms with Crippen LogP contribution in [0.15, 0.2) is 47.0 Å². The van der Waals surface area contributed by atoms with Gasteiger partial charge in [0.1, 0.15) is 0 Å². The summed E-state index contributed by atoms with van der Waals surface area (Å²) in [4.78, 5) is 4.33. The number of benzene rings is 2. The van der Waals surface area contributed by atoms with Crippen molar-refractivity contribution in [3.05, 3.63) is 70.6 Å². The zero-order chi connectivity index (χ0) is 22.9. The van der Waals surface area contributed by atoms with E-state index < -0.39 is 11.7 Å². The normalized spacial score (nSPS) is 17.1. The molecule has 1 aliphatic heterocycles. The minimum absolute atomic E-state index is 0.0257. The topological polar surface area (TPSA) is 51.0 Å². The molecule has 1 atom stereocenters. The van der Waals surface area contributed by atoms with Crippen LogP contribution in [0.5, 0.6) is 0 Å². The second kappa shape index (κ2) is 8.70. The zero-order valence-corrected chi connectivity index (χ0v) is 18.6. The van der Waals surface area contributed by atoms with Crippen LogP contribution in [-0.4, -0.2) is 16.7 Å². The Balaban J connectivity index is 1.54. The van der Waals surface area contributed by atoms with E-state index in [0.29, 0.717) is 24.3 Å². The molecule has 0 saturated carbocycles. The molecule has 1 fully saturated rings. The molecule has 3 aromatic rings. The van der Waals surface area contributed by atoms with Gasteiger partial charge in [0.2, 0.25) is 11.7 Å². The predicted octanol–water partition coefficient (Wildman–Crippen LogP) is 6.26. The number of rotatable bonds is 5. The number of nitrogens with one attached hydrogen (secondary N) is 1. The third-order valence-electron chi connectivity index (χ3n) is 5.98. The molecule has 4 nitrogen and oxygen atoms in total. The first-order chi connectivity index (χ1) is 15.1. The number of nitrogens with zero attached hydrogens (tertiary/aromatic N) is 2. The molecule has 4 rings (SSSR count). The van der Waals surface area contributed by atoms with E-state index >= 15 is 0 Å². The largest absolute Gasteiger partial charge is 0.416 e. The van der Waals surface area contributed by atoms with Gasteiger partial charge in [0.15, 0.2) is 0 Å². The molecule has 170 valence electrons. The van der Waals surface area contributed by atoms with E-state index in [1.54, 1.807) is 6.07 Å². The minimum atomic E-state index is -4.46. The Bertz CT molecular complexity index is 1060. The molecule has 0 radical (unpaired) electrons. The molecular formula is C25H28F3N3O. The lowest BCUT2D eigenvalue weighted by Gasteiger charge is -2.19. The van der Waals surface area contributed by atoms with Crippen molar-refractivity contribution in [1.29, 1.82) is 0 Å².